The van der Waals surface area contributed by atoms with E-state index in [4.69, 9.17) is 4.74 Å². The molecule has 0 heterocycles. The summed E-state index contributed by atoms with van der Waals surface area (Å²) < 4.78 is 34.0. The number of benzene rings is 2. The third-order valence-corrected chi connectivity index (χ3v) is 4.80. The molecule has 116 valence electrons. The molecule has 1 nitrogen and oxygen atoms in total. The highest BCUT2D eigenvalue weighted by molar-refractivity contribution is 5.85. The standard InChI is InChI=1S/C19H20F2O/c1-3-12-4-6-13(7-5-12)16-10-14-8-9-15(22-2)11-17(14)19(21)18(16)20/h3,8-13H,1,4-7H2,2H3. The molecule has 0 saturated heterocycles. The highest BCUT2D eigenvalue weighted by Crippen LogP contribution is 2.39. The molecule has 0 atom stereocenters. The zero-order chi connectivity index (χ0) is 15.7. The molecule has 22 heavy (non-hydrogen) atoms. The Balaban J connectivity index is 2.00. The Labute approximate surface area is 129 Å². The van der Waals surface area contributed by atoms with Gasteiger partial charge in [-0.15, -0.1) is 6.58 Å². The lowest BCUT2D eigenvalue weighted by atomic mass is 9.78. The maximum Gasteiger partial charge on any atom is 0.167 e. The Hall–Kier alpha value is -1.90. The molecule has 1 saturated carbocycles. The van der Waals surface area contributed by atoms with Crippen LogP contribution in [0.5, 0.6) is 5.75 Å². The largest absolute Gasteiger partial charge is 0.497 e. The number of rotatable bonds is 3. The molecule has 3 rings (SSSR count). The van der Waals surface area contributed by atoms with Gasteiger partial charge in [-0.05, 0) is 66.7 Å². The van der Waals surface area contributed by atoms with E-state index in [9.17, 15) is 8.78 Å². The summed E-state index contributed by atoms with van der Waals surface area (Å²) in [6.07, 6.45) is 5.73. The van der Waals surface area contributed by atoms with Crippen LogP contribution in [0.15, 0.2) is 36.9 Å². The molecule has 3 heteroatoms. The van der Waals surface area contributed by atoms with Crippen LogP contribution in [0.1, 0.15) is 37.2 Å². The van der Waals surface area contributed by atoms with Gasteiger partial charge in [0.1, 0.15) is 5.75 Å². The van der Waals surface area contributed by atoms with Gasteiger partial charge in [0.05, 0.1) is 7.11 Å². The number of allylic oxidation sites excluding steroid dienone is 1. The fourth-order valence-corrected chi connectivity index (χ4v) is 3.42. The van der Waals surface area contributed by atoms with Gasteiger partial charge in [-0.25, -0.2) is 8.78 Å². The van der Waals surface area contributed by atoms with E-state index in [2.05, 4.69) is 6.58 Å². The van der Waals surface area contributed by atoms with E-state index in [1.807, 2.05) is 6.08 Å². The first-order valence-corrected chi connectivity index (χ1v) is 7.72. The highest BCUT2D eigenvalue weighted by Gasteiger charge is 2.25. The van der Waals surface area contributed by atoms with Crippen molar-refractivity contribution >= 4 is 10.8 Å². The Morgan fingerprint density at radius 1 is 1.09 bits per heavy atom. The molecular formula is C19H20F2O. The Kier molecular flexibility index (Phi) is 4.14. The van der Waals surface area contributed by atoms with Crippen molar-refractivity contribution < 1.29 is 13.5 Å². The minimum absolute atomic E-state index is 0.0946. The van der Waals surface area contributed by atoms with Crippen molar-refractivity contribution in [3.63, 3.8) is 0 Å². The summed E-state index contributed by atoms with van der Waals surface area (Å²) in [6, 6.07) is 6.91. The van der Waals surface area contributed by atoms with Crippen LogP contribution < -0.4 is 4.74 Å². The number of ether oxygens (including phenoxy) is 1. The average Bonchev–Trinajstić information content (AvgIpc) is 2.58. The highest BCUT2D eigenvalue weighted by atomic mass is 19.2. The molecule has 0 aliphatic heterocycles. The molecule has 0 unspecified atom stereocenters. The van der Waals surface area contributed by atoms with Crippen molar-refractivity contribution in [2.45, 2.75) is 31.6 Å². The van der Waals surface area contributed by atoms with Crippen LogP contribution in [-0.4, -0.2) is 7.11 Å². The summed E-state index contributed by atoms with van der Waals surface area (Å²) >= 11 is 0. The minimum Gasteiger partial charge on any atom is -0.497 e. The predicted molar refractivity (Wildman–Crippen MR) is 85.3 cm³/mol. The van der Waals surface area contributed by atoms with Gasteiger partial charge in [0.2, 0.25) is 0 Å². The normalized spacial score (nSPS) is 21.8. The predicted octanol–water partition coefficient (Wildman–Crippen LogP) is 5.59. The molecule has 1 aliphatic rings. The van der Waals surface area contributed by atoms with Crippen LogP contribution in [-0.2, 0) is 0 Å². The van der Waals surface area contributed by atoms with Crippen molar-refractivity contribution in [1.82, 2.24) is 0 Å². The van der Waals surface area contributed by atoms with E-state index in [1.54, 1.807) is 24.3 Å². The van der Waals surface area contributed by atoms with E-state index in [-0.39, 0.29) is 11.3 Å². The number of hydrogen-bond acceptors (Lipinski definition) is 1. The summed E-state index contributed by atoms with van der Waals surface area (Å²) in [6.45, 7) is 3.83. The van der Waals surface area contributed by atoms with Gasteiger partial charge >= 0.3 is 0 Å². The maximum atomic E-state index is 14.5. The van der Waals surface area contributed by atoms with E-state index in [0.717, 1.165) is 31.1 Å². The topological polar surface area (TPSA) is 9.23 Å². The van der Waals surface area contributed by atoms with Gasteiger partial charge in [0.15, 0.2) is 11.6 Å². The van der Waals surface area contributed by atoms with Crippen LogP contribution in [0.25, 0.3) is 10.8 Å². The number of fused-ring (bicyclic) bond motifs is 1. The summed E-state index contributed by atoms with van der Waals surface area (Å²) in [7, 11) is 1.52. The third-order valence-electron chi connectivity index (χ3n) is 4.80. The molecule has 1 fully saturated rings. The van der Waals surface area contributed by atoms with Crippen LogP contribution in [0.3, 0.4) is 0 Å². The maximum absolute atomic E-state index is 14.5. The van der Waals surface area contributed by atoms with Gasteiger partial charge in [-0.3, -0.25) is 0 Å². The fraction of sp³-hybridized carbons (Fsp3) is 0.368. The second-order valence-electron chi connectivity index (χ2n) is 6.03. The second-order valence-corrected chi connectivity index (χ2v) is 6.03. The van der Waals surface area contributed by atoms with Crippen molar-refractivity contribution in [1.29, 1.82) is 0 Å². The van der Waals surface area contributed by atoms with E-state index in [0.29, 0.717) is 17.2 Å². The second kappa shape index (κ2) is 6.07. The van der Waals surface area contributed by atoms with Crippen molar-refractivity contribution in [3.8, 4) is 5.75 Å². The zero-order valence-electron chi connectivity index (χ0n) is 12.7. The van der Waals surface area contributed by atoms with Gasteiger partial charge in [-0.2, -0.15) is 0 Å². The summed E-state index contributed by atoms with van der Waals surface area (Å²) in [5.74, 6) is -0.337. The molecule has 0 bridgehead atoms. The molecule has 0 amide bonds. The molecule has 0 radical (unpaired) electrons. The first kappa shape index (κ1) is 15.0. The molecule has 2 aromatic carbocycles. The monoisotopic (exact) mass is 302 g/mol. The van der Waals surface area contributed by atoms with E-state index < -0.39 is 11.6 Å². The minimum atomic E-state index is -0.766. The van der Waals surface area contributed by atoms with Crippen molar-refractivity contribution in [3.05, 3.63) is 54.1 Å². The third kappa shape index (κ3) is 2.60. The quantitative estimate of drug-likeness (QED) is 0.672. The first-order valence-electron chi connectivity index (χ1n) is 7.72. The van der Waals surface area contributed by atoms with Crippen LogP contribution >= 0.6 is 0 Å². The molecule has 2 aromatic rings. The lowest BCUT2D eigenvalue weighted by molar-refractivity contribution is 0.365. The van der Waals surface area contributed by atoms with E-state index >= 15 is 0 Å². The summed E-state index contributed by atoms with van der Waals surface area (Å²) in [4.78, 5) is 0. The Bertz CT molecular complexity index is 700. The molecule has 0 aromatic heterocycles. The molecule has 1 aliphatic carbocycles. The van der Waals surface area contributed by atoms with Gasteiger partial charge in [0, 0.05) is 5.39 Å². The van der Waals surface area contributed by atoms with E-state index in [1.165, 1.54) is 7.11 Å². The van der Waals surface area contributed by atoms with Gasteiger partial charge < -0.3 is 4.74 Å². The summed E-state index contributed by atoms with van der Waals surface area (Å²) in [5.41, 5.74) is 0.512. The lowest BCUT2D eigenvalue weighted by Gasteiger charge is -2.27. The lowest BCUT2D eigenvalue weighted by Crippen LogP contribution is -2.13. The Morgan fingerprint density at radius 3 is 2.45 bits per heavy atom. The van der Waals surface area contributed by atoms with Gasteiger partial charge in [0.25, 0.3) is 0 Å². The van der Waals surface area contributed by atoms with Crippen LogP contribution in [0, 0.1) is 17.6 Å². The smallest absolute Gasteiger partial charge is 0.167 e. The average molecular weight is 302 g/mol. The van der Waals surface area contributed by atoms with Crippen LogP contribution in [0.2, 0.25) is 0 Å². The van der Waals surface area contributed by atoms with Gasteiger partial charge in [-0.1, -0.05) is 12.1 Å². The molecule has 0 spiro atoms. The SMILES string of the molecule is C=CC1CCC(c2cc3ccc(OC)cc3c(F)c2F)CC1. The summed E-state index contributed by atoms with van der Waals surface area (Å²) in [5, 5.41) is 1.00. The Morgan fingerprint density at radius 2 is 1.82 bits per heavy atom. The fourth-order valence-electron chi connectivity index (χ4n) is 3.42. The number of methoxy groups -OCH3 is 1. The van der Waals surface area contributed by atoms with Crippen LogP contribution in [0.4, 0.5) is 8.78 Å². The zero-order valence-corrected chi connectivity index (χ0v) is 12.7. The number of halogens is 2. The first-order chi connectivity index (χ1) is 10.6. The molecular weight excluding hydrogens is 282 g/mol. The van der Waals surface area contributed by atoms with Crippen molar-refractivity contribution in [2.75, 3.05) is 7.11 Å². The number of hydrogen-bond donors (Lipinski definition) is 0. The molecule has 0 N–H and O–H groups in total. The van der Waals surface area contributed by atoms with Crippen molar-refractivity contribution in [2.24, 2.45) is 5.92 Å².